The van der Waals surface area contributed by atoms with Crippen LogP contribution in [-0.4, -0.2) is 57.5 Å². The highest BCUT2D eigenvalue weighted by Gasteiger charge is 2.23. The molecule has 0 radical (unpaired) electrons. The van der Waals surface area contributed by atoms with Crippen LogP contribution in [0.2, 0.25) is 0 Å². The van der Waals surface area contributed by atoms with Gasteiger partial charge in [-0.05, 0) is 12.1 Å². The van der Waals surface area contributed by atoms with E-state index < -0.39 is 9.84 Å². The molecule has 0 saturated carbocycles. The van der Waals surface area contributed by atoms with Gasteiger partial charge in [-0.3, -0.25) is 9.69 Å². The molecule has 0 spiro atoms. The molecule has 0 bridgehead atoms. The molecule has 0 aromatic heterocycles. The number of hydrogen-bond donors (Lipinski definition) is 2. The number of methoxy groups -OCH3 is 1. The second kappa shape index (κ2) is 6.31. The molecule has 3 N–H and O–H groups in total. The molecule has 116 valence electrons. The third-order valence-electron chi connectivity index (χ3n) is 3.34. The van der Waals surface area contributed by atoms with Gasteiger partial charge in [0.05, 0.1) is 36.5 Å². The van der Waals surface area contributed by atoms with Crippen molar-refractivity contribution in [3.63, 3.8) is 0 Å². The Kier molecular flexibility index (Phi) is 4.69. The lowest BCUT2D eigenvalue weighted by molar-refractivity contribution is -0.117. The van der Waals surface area contributed by atoms with E-state index in [9.17, 15) is 13.2 Å². The smallest absolute Gasteiger partial charge is 0.238 e. The van der Waals surface area contributed by atoms with Crippen LogP contribution in [0.3, 0.4) is 0 Å². The fraction of sp³-hybridized carbons (Fsp3) is 0.462. The summed E-state index contributed by atoms with van der Waals surface area (Å²) < 4.78 is 27.7. The van der Waals surface area contributed by atoms with Crippen molar-refractivity contribution in [3.05, 3.63) is 18.2 Å². The van der Waals surface area contributed by atoms with Gasteiger partial charge in [0, 0.05) is 19.2 Å². The molecule has 7 nitrogen and oxygen atoms in total. The Balaban J connectivity index is 1.90. The van der Waals surface area contributed by atoms with Crippen LogP contribution in [0.5, 0.6) is 5.75 Å². The van der Waals surface area contributed by atoms with Crippen LogP contribution in [0.4, 0.5) is 11.4 Å². The van der Waals surface area contributed by atoms with Crippen LogP contribution in [0.15, 0.2) is 18.2 Å². The number of rotatable bonds is 4. The van der Waals surface area contributed by atoms with Gasteiger partial charge in [0.1, 0.15) is 5.75 Å². The second-order valence-electron chi connectivity index (χ2n) is 4.93. The van der Waals surface area contributed by atoms with Crippen molar-refractivity contribution < 1.29 is 17.9 Å². The Hall–Kier alpha value is -1.80. The summed E-state index contributed by atoms with van der Waals surface area (Å²) in [6.45, 7) is 0.919. The maximum Gasteiger partial charge on any atom is 0.238 e. The van der Waals surface area contributed by atoms with Crippen molar-refractivity contribution in [2.24, 2.45) is 0 Å². The van der Waals surface area contributed by atoms with E-state index in [4.69, 9.17) is 10.5 Å². The van der Waals surface area contributed by atoms with Crippen LogP contribution in [0, 0.1) is 0 Å². The fourth-order valence-electron chi connectivity index (χ4n) is 2.08. The number of sulfone groups is 1. The number of amides is 1. The summed E-state index contributed by atoms with van der Waals surface area (Å²) in [5.41, 5.74) is 6.77. The van der Waals surface area contributed by atoms with E-state index in [1.54, 1.807) is 18.2 Å². The molecule has 1 aromatic rings. The van der Waals surface area contributed by atoms with Gasteiger partial charge in [0.2, 0.25) is 5.91 Å². The monoisotopic (exact) mass is 313 g/mol. The Labute approximate surface area is 124 Å². The number of anilines is 2. The zero-order valence-corrected chi connectivity index (χ0v) is 12.6. The van der Waals surface area contributed by atoms with E-state index in [0.717, 1.165) is 0 Å². The fourth-order valence-corrected chi connectivity index (χ4v) is 3.36. The summed E-state index contributed by atoms with van der Waals surface area (Å²) in [5, 5.41) is 2.72. The number of nitrogens with zero attached hydrogens (tertiary/aromatic N) is 1. The van der Waals surface area contributed by atoms with Crippen LogP contribution in [0.25, 0.3) is 0 Å². The first-order valence-electron chi connectivity index (χ1n) is 6.56. The third kappa shape index (κ3) is 4.33. The van der Waals surface area contributed by atoms with Gasteiger partial charge in [0.15, 0.2) is 9.84 Å². The Morgan fingerprint density at radius 3 is 2.62 bits per heavy atom. The SMILES string of the molecule is COc1ccc(NC(=O)CN2CCS(=O)(=O)CC2)c(N)c1. The summed E-state index contributed by atoms with van der Waals surface area (Å²) in [7, 11) is -1.39. The van der Waals surface area contributed by atoms with Gasteiger partial charge in [-0.1, -0.05) is 0 Å². The van der Waals surface area contributed by atoms with E-state index in [1.165, 1.54) is 7.11 Å². The molecule has 0 atom stereocenters. The molecule has 21 heavy (non-hydrogen) atoms. The second-order valence-corrected chi connectivity index (χ2v) is 7.23. The topological polar surface area (TPSA) is 102 Å². The molecule has 2 rings (SSSR count). The summed E-state index contributed by atoms with van der Waals surface area (Å²) in [6, 6.07) is 5.01. The summed E-state index contributed by atoms with van der Waals surface area (Å²) in [4.78, 5) is 13.8. The maximum absolute atomic E-state index is 12.0. The van der Waals surface area contributed by atoms with Crippen molar-refractivity contribution in [1.82, 2.24) is 4.90 Å². The predicted octanol–water partition coefficient (Wildman–Crippen LogP) is -0.0537. The number of benzene rings is 1. The van der Waals surface area contributed by atoms with E-state index in [2.05, 4.69) is 5.32 Å². The minimum absolute atomic E-state index is 0.102. The number of carbonyl (C=O) groups excluding carboxylic acids is 1. The zero-order chi connectivity index (χ0) is 15.5. The van der Waals surface area contributed by atoms with Crippen LogP contribution in [0.1, 0.15) is 0 Å². The summed E-state index contributed by atoms with van der Waals surface area (Å²) >= 11 is 0. The number of nitrogens with one attached hydrogen (secondary N) is 1. The summed E-state index contributed by atoms with van der Waals surface area (Å²) in [5.74, 6) is 0.605. The Bertz CT molecular complexity index is 616. The van der Waals surface area contributed by atoms with Crippen molar-refractivity contribution in [3.8, 4) is 5.75 Å². The van der Waals surface area contributed by atoms with Gasteiger partial charge < -0.3 is 15.8 Å². The first-order chi connectivity index (χ1) is 9.89. The molecule has 1 aliphatic rings. The number of ether oxygens (including phenoxy) is 1. The van der Waals surface area contributed by atoms with Crippen LogP contribution >= 0.6 is 0 Å². The van der Waals surface area contributed by atoms with Gasteiger partial charge in [-0.25, -0.2) is 8.42 Å². The van der Waals surface area contributed by atoms with Crippen molar-refractivity contribution in [1.29, 1.82) is 0 Å². The largest absolute Gasteiger partial charge is 0.497 e. The molecule has 8 heteroatoms. The standard InChI is InChI=1S/C13H19N3O4S/c1-20-10-2-3-12(11(14)8-10)15-13(17)9-16-4-6-21(18,19)7-5-16/h2-3,8H,4-7,9,14H2,1H3,(H,15,17). The lowest BCUT2D eigenvalue weighted by Crippen LogP contribution is -2.43. The average Bonchev–Trinajstić information content (AvgIpc) is 2.43. The minimum Gasteiger partial charge on any atom is -0.497 e. The zero-order valence-electron chi connectivity index (χ0n) is 11.8. The third-order valence-corrected chi connectivity index (χ3v) is 4.95. The summed E-state index contributed by atoms with van der Waals surface area (Å²) in [6.07, 6.45) is 0. The highest BCUT2D eigenvalue weighted by atomic mass is 32.2. The quantitative estimate of drug-likeness (QED) is 0.756. The van der Waals surface area contributed by atoms with Gasteiger partial charge >= 0.3 is 0 Å². The predicted molar refractivity (Wildman–Crippen MR) is 81.1 cm³/mol. The van der Waals surface area contributed by atoms with E-state index in [1.807, 2.05) is 4.90 Å². The maximum atomic E-state index is 12.0. The van der Waals surface area contributed by atoms with Crippen LogP contribution < -0.4 is 15.8 Å². The minimum atomic E-state index is -2.93. The molecule has 1 aliphatic heterocycles. The molecule has 1 amide bonds. The highest BCUT2D eigenvalue weighted by Crippen LogP contribution is 2.23. The number of nitrogens with two attached hydrogens (primary N) is 1. The van der Waals surface area contributed by atoms with Crippen molar-refractivity contribution in [2.75, 3.05) is 49.3 Å². The molecular weight excluding hydrogens is 294 g/mol. The first kappa shape index (κ1) is 15.6. The lowest BCUT2D eigenvalue weighted by Gasteiger charge is -2.25. The van der Waals surface area contributed by atoms with E-state index >= 15 is 0 Å². The number of hydrogen-bond acceptors (Lipinski definition) is 6. The highest BCUT2D eigenvalue weighted by molar-refractivity contribution is 7.91. The molecule has 1 fully saturated rings. The lowest BCUT2D eigenvalue weighted by atomic mass is 10.2. The molecule has 1 aromatic carbocycles. The van der Waals surface area contributed by atoms with Crippen molar-refractivity contribution in [2.45, 2.75) is 0 Å². The Morgan fingerprint density at radius 2 is 2.05 bits per heavy atom. The van der Waals surface area contributed by atoms with E-state index in [-0.39, 0.29) is 24.0 Å². The van der Waals surface area contributed by atoms with Crippen molar-refractivity contribution >= 4 is 27.1 Å². The van der Waals surface area contributed by atoms with E-state index in [0.29, 0.717) is 30.2 Å². The number of nitrogen functional groups attached to an aromatic ring is 1. The molecular formula is C13H19N3O4S. The van der Waals surface area contributed by atoms with Gasteiger partial charge in [-0.2, -0.15) is 0 Å². The Morgan fingerprint density at radius 1 is 1.38 bits per heavy atom. The molecule has 1 saturated heterocycles. The first-order valence-corrected chi connectivity index (χ1v) is 8.38. The van der Waals surface area contributed by atoms with Crippen LogP contribution in [-0.2, 0) is 14.6 Å². The van der Waals surface area contributed by atoms with Gasteiger partial charge in [-0.15, -0.1) is 0 Å². The van der Waals surface area contributed by atoms with Gasteiger partial charge in [0.25, 0.3) is 0 Å². The molecule has 0 unspecified atom stereocenters. The average molecular weight is 313 g/mol. The number of carbonyl (C=O) groups is 1. The molecule has 1 heterocycles. The molecule has 0 aliphatic carbocycles. The normalized spacial score (nSPS) is 18.1.